The van der Waals surface area contributed by atoms with Crippen molar-refractivity contribution in [3.05, 3.63) is 21.4 Å². The summed E-state index contributed by atoms with van der Waals surface area (Å²) in [5, 5.41) is 8.73. The summed E-state index contributed by atoms with van der Waals surface area (Å²) in [6, 6.07) is 3.49. The molecule has 3 nitrogen and oxygen atoms in total. The molecular formula is C16H17F2NO2S. The molecule has 0 aliphatic heterocycles. The second kappa shape index (κ2) is 5.96. The molecule has 118 valence electrons. The average molecular weight is 325 g/mol. The third-order valence-electron chi connectivity index (χ3n) is 4.38. The second-order valence-electron chi connectivity index (χ2n) is 6.26. The van der Waals surface area contributed by atoms with Crippen molar-refractivity contribution in [2.24, 2.45) is 11.8 Å². The standard InChI is InChI=1S/C16H17F2NO2S/c1-8-2-9-4-15(22-14(9)3-8)16(20)21-10-5-12(17)11(7-19)13(18)6-10/h4,8,10-13H,2-3,5-6H2,1H3. The van der Waals surface area contributed by atoms with E-state index in [2.05, 4.69) is 6.92 Å². The first kappa shape index (κ1) is 15.4. The number of nitrogens with zero attached hydrogens (tertiary/aromatic N) is 1. The number of esters is 1. The molecule has 0 bridgehead atoms. The van der Waals surface area contributed by atoms with E-state index in [9.17, 15) is 13.6 Å². The third kappa shape index (κ3) is 2.87. The SMILES string of the molecule is CC1Cc2cc(C(=O)OC3CC(F)C(C#N)C(F)C3)sc2C1. The summed E-state index contributed by atoms with van der Waals surface area (Å²) in [5.74, 6) is -1.15. The van der Waals surface area contributed by atoms with E-state index in [0.717, 1.165) is 12.8 Å². The molecule has 0 aromatic carbocycles. The number of carbonyl (C=O) groups excluding carboxylic acids is 1. The van der Waals surface area contributed by atoms with E-state index in [1.54, 1.807) is 6.07 Å². The maximum Gasteiger partial charge on any atom is 0.348 e. The molecule has 3 unspecified atom stereocenters. The van der Waals surface area contributed by atoms with Gasteiger partial charge in [-0.15, -0.1) is 11.3 Å². The molecule has 2 aliphatic rings. The number of halogens is 2. The summed E-state index contributed by atoms with van der Waals surface area (Å²) >= 11 is 1.41. The fraction of sp³-hybridized carbons (Fsp3) is 0.625. The molecule has 1 aromatic rings. The van der Waals surface area contributed by atoms with Gasteiger partial charge in [-0.2, -0.15) is 5.26 Å². The van der Waals surface area contributed by atoms with Crippen LogP contribution in [0.2, 0.25) is 0 Å². The van der Waals surface area contributed by atoms with E-state index >= 15 is 0 Å². The molecule has 1 heterocycles. The quantitative estimate of drug-likeness (QED) is 0.780. The van der Waals surface area contributed by atoms with Gasteiger partial charge in [-0.1, -0.05) is 6.92 Å². The molecule has 1 fully saturated rings. The minimum atomic E-state index is -1.58. The maximum atomic E-state index is 13.7. The van der Waals surface area contributed by atoms with Crippen LogP contribution in [0.3, 0.4) is 0 Å². The lowest BCUT2D eigenvalue weighted by Gasteiger charge is -2.30. The summed E-state index contributed by atoms with van der Waals surface area (Å²) < 4.78 is 32.7. The van der Waals surface area contributed by atoms with Gasteiger partial charge in [0.05, 0.1) is 6.07 Å². The van der Waals surface area contributed by atoms with Crippen molar-refractivity contribution < 1.29 is 18.3 Å². The van der Waals surface area contributed by atoms with Gasteiger partial charge in [-0.3, -0.25) is 0 Å². The monoisotopic (exact) mass is 325 g/mol. The van der Waals surface area contributed by atoms with Crippen LogP contribution in [0.1, 0.15) is 39.9 Å². The Labute approximate surface area is 131 Å². The van der Waals surface area contributed by atoms with Crippen molar-refractivity contribution in [3.8, 4) is 6.07 Å². The van der Waals surface area contributed by atoms with Gasteiger partial charge >= 0.3 is 5.97 Å². The van der Waals surface area contributed by atoms with Crippen LogP contribution in [0.15, 0.2) is 6.07 Å². The predicted molar refractivity (Wildman–Crippen MR) is 78.2 cm³/mol. The highest BCUT2D eigenvalue weighted by atomic mass is 32.1. The lowest BCUT2D eigenvalue weighted by Crippen LogP contribution is -2.39. The van der Waals surface area contributed by atoms with Gasteiger partial charge in [0.25, 0.3) is 0 Å². The molecule has 3 rings (SSSR count). The molecule has 0 N–H and O–H groups in total. The number of ether oxygens (including phenoxy) is 1. The van der Waals surface area contributed by atoms with Gasteiger partial charge in [0.2, 0.25) is 0 Å². The van der Waals surface area contributed by atoms with Crippen molar-refractivity contribution in [1.82, 2.24) is 0 Å². The Morgan fingerprint density at radius 1 is 1.36 bits per heavy atom. The summed E-state index contributed by atoms with van der Waals surface area (Å²) in [5.41, 5.74) is 1.18. The Morgan fingerprint density at radius 3 is 2.64 bits per heavy atom. The molecule has 0 amide bonds. The van der Waals surface area contributed by atoms with E-state index in [4.69, 9.17) is 10.00 Å². The lowest BCUT2D eigenvalue weighted by atomic mass is 9.85. The first-order chi connectivity index (χ1) is 10.5. The highest BCUT2D eigenvalue weighted by molar-refractivity contribution is 7.14. The molecule has 0 spiro atoms. The molecule has 6 heteroatoms. The van der Waals surface area contributed by atoms with Crippen LogP contribution in [-0.2, 0) is 17.6 Å². The molecular weight excluding hydrogens is 308 g/mol. The van der Waals surface area contributed by atoms with Gasteiger partial charge in [0, 0.05) is 17.7 Å². The third-order valence-corrected chi connectivity index (χ3v) is 5.56. The summed E-state index contributed by atoms with van der Waals surface area (Å²) in [6.45, 7) is 2.17. The fourth-order valence-electron chi connectivity index (χ4n) is 3.26. The van der Waals surface area contributed by atoms with Crippen LogP contribution in [0.5, 0.6) is 0 Å². The molecule has 1 saturated carbocycles. The number of rotatable bonds is 2. The molecule has 2 aliphatic carbocycles. The Bertz CT molecular complexity index is 589. The van der Waals surface area contributed by atoms with Crippen molar-refractivity contribution in [1.29, 1.82) is 5.26 Å². The van der Waals surface area contributed by atoms with Gasteiger partial charge in [-0.25, -0.2) is 13.6 Å². The van der Waals surface area contributed by atoms with Crippen LogP contribution < -0.4 is 0 Å². The number of fused-ring (bicyclic) bond motifs is 1. The average Bonchev–Trinajstić information content (AvgIpc) is 2.95. The van der Waals surface area contributed by atoms with Gasteiger partial charge in [0.1, 0.15) is 29.2 Å². The number of hydrogen-bond acceptors (Lipinski definition) is 4. The Morgan fingerprint density at radius 2 is 2.05 bits per heavy atom. The van der Waals surface area contributed by atoms with Crippen LogP contribution in [0, 0.1) is 23.2 Å². The second-order valence-corrected chi connectivity index (χ2v) is 7.39. The minimum Gasteiger partial charge on any atom is -0.458 e. The summed E-state index contributed by atoms with van der Waals surface area (Å²) in [6.07, 6.45) is -2.23. The zero-order valence-corrected chi connectivity index (χ0v) is 13.0. The maximum absolute atomic E-state index is 13.7. The van der Waals surface area contributed by atoms with Crippen molar-refractivity contribution in [2.45, 2.75) is 51.1 Å². The first-order valence-corrected chi connectivity index (χ1v) is 8.30. The smallest absolute Gasteiger partial charge is 0.348 e. The van der Waals surface area contributed by atoms with Crippen LogP contribution in [0.4, 0.5) is 8.78 Å². The van der Waals surface area contributed by atoms with E-state index in [-0.39, 0.29) is 12.8 Å². The number of hydrogen-bond donors (Lipinski definition) is 0. The lowest BCUT2D eigenvalue weighted by molar-refractivity contribution is -0.0166. The Balaban J connectivity index is 1.63. The number of nitriles is 1. The van der Waals surface area contributed by atoms with Crippen molar-refractivity contribution >= 4 is 17.3 Å². The van der Waals surface area contributed by atoms with Crippen molar-refractivity contribution in [2.75, 3.05) is 0 Å². The molecule has 0 saturated heterocycles. The highest BCUT2D eigenvalue weighted by Gasteiger charge is 2.40. The summed E-state index contributed by atoms with van der Waals surface area (Å²) in [7, 11) is 0. The zero-order valence-electron chi connectivity index (χ0n) is 12.2. The van der Waals surface area contributed by atoms with Gasteiger partial charge in [0.15, 0.2) is 0 Å². The largest absolute Gasteiger partial charge is 0.458 e. The zero-order chi connectivity index (χ0) is 15.9. The van der Waals surface area contributed by atoms with Crippen LogP contribution >= 0.6 is 11.3 Å². The fourth-order valence-corrected chi connectivity index (χ4v) is 4.50. The number of carbonyl (C=O) groups is 1. The Kier molecular flexibility index (Phi) is 4.18. The molecule has 3 atom stereocenters. The van der Waals surface area contributed by atoms with E-state index in [0.29, 0.717) is 10.8 Å². The number of thiophene rings is 1. The minimum absolute atomic E-state index is 0.105. The van der Waals surface area contributed by atoms with Gasteiger partial charge < -0.3 is 4.74 Å². The number of alkyl halides is 2. The van der Waals surface area contributed by atoms with Gasteiger partial charge in [-0.05, 0) is 30.4 Å². The first-order valence-electron chi connectivity index (χ1n) is 7.48. The Hall–Kier alpha value is -1.48. The van der Waals surface area contributed by atoms with E-state index in [1.807, 2.05) is 6.07 Å². The van der Waals surface area contributed by atoms with E-state index < -0.39 is 30.3 Å². The molecule has 22 heavy (non-hydrogen) atoms. The highest BCUT2D eigenvalue weighted by Crippen LogP contribution is 2.35. The predicted octanol–water partition coefficient (Wildman–Crippen LogP) is 3.62. The topological polar surface area (TPSA) is 50.1 Å². The molecule has 1 aromatic heterocycles. The van der Waals surface area contributed by atoms with Crippen molar-refractivity contribution in [3.63, 3.8) is 0 Å². The van der Waals surface area contributed by atoms with Crippen LogP contribution in [-0.4, -0.2) is 24.4 Å². The van der Waals surface area contributed by atoms with E-state index in [1.165, 1.54) is 21.8 Å². The van der Waals surface area contributed by atoms with Crippen LogP contribution in [0.25, 0.3) is 0 Å². The normalized spacial score (nSPS) is 34.0. The molecule has 0 radical (unpaired) electrons. The summed E-state index contributed by atoms with van der Waals surface area (Å²) in [4.78, 5) is 13.9.